The minimum absolute atomic E-state index is 0.0318. The molecule has 6 aromatic rings. The number of anilines is 2. The molecule has 0 fully saturated rings. The van der Waals surface area contributed by atoms with Crippen LogP contribution in [-0.4, -0.2) is 6.17 Å². The number of nitrogens with one attached hydrogen (secondary N) is 1. The average Bonchev–Trinajstić information content (AvgIpc) is 3.33. The summed E-state index contributed by atoms with van der Waals surface area (Å²) >= 11 is 1.89. The number of nitrogens with zero attached hydrogens (tertiary/aromatic N) is 1. The average molecular weight is 536 g/mol. The highest BCUT2D eigenvalue weighted by Crippen LogP contribution is 2.52. The van der Waals surface area contributed by atoms with Gasteiger partial charge in [0.15, 0.2) is 0 Å². The zero-order chi connectivity index (χ0) is 26.6. The van der Waals surface area contributed by atoms with Gasteiger partial charge >= 0.3 is 0 Å². The summed E-state index contributed by atoms with van der Waals surface area (Å²) in [4.78, 5) is 2.46. The molecule has 3 N–H and O–H groups in total. The van der Waals surface area contributed by atoms with Gasteiger partial charge in [-0.05, 0) is 41.3 Å². The van der Waals surface area contributed by atoms with Crippen LogP contribution in [-0.2, 0) is 6.42 Å². The van der Waals surface area contributed by atoms with Crippen molar-refractivity contribution in [2.75, 3.05) is 10.2 Å². The molecule has 1 aromatic heterocycles. The smallest absolute Gasteiger partial charge is 0.108 e. The molecule has 3 nitrogen and oxygen atoms in total. The molecule has 0 spiro atoms. The number of fused-ring (bicyclic) bond motifs is 10. The Bertz CT molecular complexity index is 1980. The molecule has 2 heterocycles. The fourth-order valence-electron chi connectivity index (χ4n) is 6.56. The van der Waals surface area contributed by atoms with Gasteiger partial charge in [0.25, 0.3) is 0 Å². The zero-order valence-corrected chi connectivity index (χ0v) is 22.9. The van der Waals surface area contributed by atoms with Gasteiger partial charge in [0, 0.05) is 33.0 Å². The van der Waals surface area contributed by atoms with E-state index < -0.39 is 0 Å². The van der Waals surface area contributed by atoms with Crippen LogP contribution < -0.4 is 16.0 Å². The molecule has 40 heavy (non-hydrogen) atoms. The van der Waals surface area contributed by atoms with E-state index in [1.165, 1.54) is 59.0 Å². The molecule has 1 atom stereocenters. The molecular formula is C36H29N3S. The highest BCUT2D eigenvalue weighted by Gasteiger charge is 2.33. The van der Waals surface area contributed by atoms with E-state index in [0.717, 1.165) is 30.7 Å². The molecule has 0 radical (unpaired) electrons. The molecule has 8 rings (SSSR count). The van der Waals surface area contributed by atoms with E-state index in [0.29, 0.717) is 0 Å². The molecule has 0 saturated carbocycles. The van der Waals surface area contributed by atoms with Crippen LogP contribution in [0.3, 0.4) is 0 Å². The molecule has 194 valence electrons. The third-order valence-corrected chi connectivity index (χ3v) is 9.48. The van der Waals surface area contributed by atoms with Crippen molar-refractivity contribution in [3.05, 3.63) is 132 Å². The topological polar surface area (TPSA) is 41.3 Å². The van der Waals surface area contributed by atoms with E-state index in [-0.39, 0.29) is 6.17 Å². The first-order valence-electron chi connectivity index (χ1n) is 14.0. The zero-order valence-electron chi connectivity index (χ0n) is 22.1. The second-order valence-electron chi connectivity index (χ2n) is 10.7. The minimum Gasteiger partial charge on any atom is -0.397 e. The van der Waals surface area contributed by atoms with Gasteiger partial charge in [-0.15, -0.1) is 11.3 Å². The maximum absolute atomic E-state index is 6.74. The molecule has 0 bridgehead atoms. The number of rotatable bonds is 3. The molecule has 4 heteroatoms. The Hall–Kier alpha value is -4.54. The lowest BCUT2D eigenvalue weighted by Gasteiger charge is -2.37. The second-order valence-corrected chi connectivity index (χ2v) is 11.7. The summed E-state index contributed by atoms with van der Waals surface area (Å²) < 4.78 is 2.62. The first-order valence-corrected chi connectivity index (χ1v) is 14.8. The van der Waals surface area contributed by atoms with E-state index in [1.807, 2.05) is 11.3 Å². The largest absolute Gasteiger partial charge is 0.397 e. The van der Waals surface area contributed by atoms with Crippen molar-refractivity contribution in [3.8, 4) is 11.1 Å². The predicted octanol–water partition coefficient (Wildman–Crippen LogP) is 9.20. The van der Waals surface area contributed by atoms with Crippen LogP contribution in [0.1, 0.15) is 18.4 Å². The lowest BCUT2D eigenvalue weighted by atomic mass is 9.92. The van der Waals surface area contributed by atoms with Gasteiger partial charge in [-0.2, -0.15) is 0 Å². The van der Waals surface area contributed by atoms with Gasteiger partial charge in [0.2, 0.25) is 0 Å². The van der Waals surface area contributed by atoms with Crippen molar-refractivity contribution in [1.29, 1.82) is 0 Å². The van der Waals surface area contributed by atoms with Crippen molar-refractivity contribution < 1.29 is 0 Å². The molecule has 2 aliphatic rings. The number of thiophene rings is 1. The van der Waals surface area contributed by atoms with Crippen LogP contribution in [0.5, 0.6) is 0 Å². The second kappa shape index (κ2) is 9.29. The molecule has 0 saturated heterocycles. The fraction of sp³-hybridized carbons (Fsp3) is 0.111. The molecule has 1 unspecified atom stereocenters. The SMILES string of the molecule is NC1=CCCC=C1N1c2ccccc2-c2c(c3sc4ccccc4c3c3ccccc23)NC1Cc1ccccc1. The van der Waals surface area contributed by atoms with Crippen LogP contribution in [0, 0.1) is 0 Å². The van der Waals surface area contributed by atoms with Gasteiger partial charge in [-0.3, -0.25) is 0 Å². The molecule has 1 aliphatic carbocycles. The highest BCUT2D eigenvalue weighted by molar-refractivity contribution is 7.26. The van der Waals surface area contributed by atoms with Gasteiger partial charge in [0.1, 0.15) is 6.17 Å². The summed E-state index contributed by atoms with van der Waals surface area (Å²) in [6.45, 7) is 0. The Kier molecular flexibility index (Phi) is 5.42. The number of hydrogen-bond donors (Lipinski definition) is 2. The van der Waals surface area contributed by atoms with Crippen molar-refractivity contribution in [3.63, 3.8) is 0 Å². The maximum atomic E-state index is 6.74. The Balaban J connectivity index is 1.49. The summed E-state index contributed by atoms with van der Waals surface area (Å²) in [5.74, 6) is 0. The summed E-state index contributed by atoms with van der Waals surface area (Å²) in [5, 5.41) is 9.36. The summed E-state index contributed by atoms with van der Waals surface area (Å²) in [5.41, 5.74) is 14.9. The van der Waals surface area contributed by atoms with Gasteiger partial charge in [-0.1, -0.05) is 103 Å². The number of benzene rings is 5. The van der Waals surface area contributed by atoms with E-state index in [4.69, 9.17) is 5.73 Å². The van der Waals surface area contributed by atoms with E-state index >= 15 is 0 Å². The molecule has 5 aromatic carbocycles. The third-order valence-electron chi connectivity index (χ3n) is 8.29. The normalized spacial score (nSPS) is 16.7. The standard InChI is InChI=1S/C36H29N3S/c37-28-18-8-10-20-30(28)39-29-19-9-6-16-26(29)33-24-14-4-5-15-25(24)34-27-17-7-11-21-31(27)40-36(34)35(33)38-32(39)22-23-12-2-1-3-13-23/h1-7,9,11-21,32,38H,8,10,22,37H2. The first-order chi connectivity index (χ1) is 19.8. The monoisotopic (exact) mass is 535 g/mol. The van der Waals surface area contributed by atoms with Crippen LogP contribution in [0.15, 0.2) is 127 Å². The fourth-order valence-corrected chi connectivity index (χ4v) is 7.80. The van der Waals surface area contributed by atoms with Crippen LogP contribution in [0.25, 0.3) is 42.1 Å². The lowest BCUT2D eigenvalue weighted by Crippen LogP contribution is -2.43. The summed E-state index contributed by atoms with van der Waals surface area (Å²) in [7, 11) is 0. The number of nitrogens with two attached hydrogens (primary N) is 1. The van der Waals surface area contributed by atoms with Crippen molar-refractivity contribution in [2.45, 2.75) is 25.4 Å². The Labute approximate surface area is 237 Å². The third kappa shape index (κ3) is 3.56. The predicted molar refractivity (Wildman–Crippen MR) is 172 cm³/mol. The Morgan fingerprint density at radius 2 is 1.45 bits per heavy atom. The van der Waals surface area contributed by atoms with Gasteiger partial charge in [0.05, 0.1) is 27.5 Å². The lowest BCUT2D eigenvalue weighted by molar-refractivity contribution is 0.697. The molecule has 0 amide bonds. The minimum atomic E-state index is -0.0318. The number of allylic oxidation sites excluding steroid dienone is 2. The van der Waals surface area contributed by atoms with E-state index in [2.05, 4.69) is 125 Å². The molecule has 1 aliphatic heterocycles. The van der Waals surface area contributed by atoms with E-state index in [1.54, 1.807) is 0 Å². The van der Waals surface area contributed by atoms with Crippen LogP contribution in [0.2, 0.25) is 0 Å². The number of hydrogen-bond acceptors (Lipinski definition) is 4. The summed E-state index contributed by atoms with van der Waals surface area (Å²) in [6, 6.07) is 37.4. The Morgan fingerprint density at radius 3 is 2.30 bits per heavy atom. The Morgan fingerprint density at radius 1 is 0.750 bits per heavy atom. The quantitative estimate of drug-likeness (QED) is 0.237. The van der Waals surface area contributed by atoms with Crippen molar-refractivity contribution in [2.24, 2.45) is 5.73 Å². The number of para-hydroxylation sites is 1. The maximum Gasteiger partial charge on any atom is 0.108 e. The van der Waals surface area contributed by atoms with E-state index in [9.17, 15) is 0 Å². The van der Waals surface area contributed by atoms with Crippen LogP contribution in [0.4, 0.5) is 11.4 Å². The highest BCUT2D eigenvalue weighted by atomic mass is 32.1. The van der Waals surface area contributed by atoms with Crippen LogP contribution >= 0.6 is 11.3 Å². The molecular weight excluding hydrogens is 506 g/mol. The van der Waals surface area contributed by atoms with Gasteiger partial charge < -0.3 is 16.0 Å². The van der Waals surface area contributed by atoms with Crippen molar-refractivity contribution >= 4 is 53.7 Å². The summed E-state index contributed by atoms with van der Waals surface area (Å²) in [6.07, 6.45) is 7.26. The van der Waals surface area contributed by atoms with Crippen molar-refractivity contribution in [1.82, 2.24) is 0 Å². The first kappa shape index (κ1) is 23.4. The van der Waals surface area contributed by atoms with Gasteiger partial charge in [-0.25, -0.2) is 0 Å².